The van der Waals surface area contributed by atoms with Crippen LogP contribution in [0.15, 0.2) is 53.0 Å². The molecule has 0 saturated carbocycles. The third kappa shape index (κ3) is 5.88. The highest BCUT2D eigenvalue weighted by Gasteiger charge is 2.36. The lowest BCUT2D eigenvalue weighted by atomic mass is 9.90. The lowest BCUT2D eigenvalue weighted by Crippen LogP contribution is -2.50. The van der Waals surface area contributed by atoms with E-state index in [0.29, 0.717) is 37.2 Å². The average molecular weight is 515 g/mol. The third-order valence-corrected chi connectivity index (χ3v) is 7.01. The Balaban J connectivity index is 1.51. The van der Waals surface area contributed by atoms with Crippen molar-refractivity contribution in [2.75, 3.05) is 33.3 Å². The number of carbonyl (C=O) groups excluding carboxylic acids is 2. The lowest BCUT2D eigenvalue weighted by molar-refractivity contribution is -0.134. The summed E-state index contributed by atoms with van der Waals surface area (Å²) in [5.74, 6) is 1.36. The smallest absolute Gasteiger partial charge is 0.257 e. The summed E-state index contributed by atoms with van der Waals surface area (Å²) in [6, 6.07) is 15.1. The fraction of sp³-hybridized carbons (Fsp3) is 0.462. The number of likely N-dealkylation sites (tertiary alicyclic amines) is 2. The second kappa shape index (κ2) is 11.1. The Morgan fingerprint density at radius 1 is 1.00 bits per heavy atom. The zero-order valence-electron chi connectivity index (χ0n) is 19.0. The molecule has 2 aromatic rings. The largest absolute Gasteiger partial charge is 0.496 e. The minimum Gasteiger partial charge on any atom is -0.496 e. The molecule has 2 aromatic carbocycles. The van der Waals surface area contributed by atoms with E-state index in [2.05, 4.69) is 15.9 Å². The molecule has 4 rings (SSSR count). The van der Waals surface area contributed by atoms with Gasteiger partial charge in [0, 0.05) is 49.4 Å². The van der Waals surface area contributed by atoms with E-state index >= 15 is 0 Å². The summed E-state index contributed by atoms with van der Waals surface area (Å²) in [6.45, 7) is 2.71. The first-order valence-electron chi connectivity index (χ1n) is 11.7. The van der Waals surface area contributed by atoms with Crippen LogP contribution in [0.25, 0.3) is 0 Å². The van der Waals surface area contributed by atoms with E-state index < -0.39 is 0 Å². The number of hydrogen-bond donors (Lipinski definition) is 0. The Kier molecular flexibility index (Phi) is 7.91. The maximum absolute atomic E-state index is 13.3. The van der Waals surface area contributed by atoms with Crippen LogP contribution in [0.4, 0.5) is 0 Å². The highest BCUT2D eigenvalue weighted by atomic mass is 79.9. The van der Waals surface area contributed by atoms with Crippen molar-refractivity contribution in [3.8, 4) is 11.5 Å². The first kappa shape index (κ1) is 23.6. The molecular weight excluding hydrogens is 484 g/mol. The van der Waals surface area contributed by atoms with Crippen LogP contribution in [0.5, 0.6) is 11.5 Å². The number of amides is 2. The Morgan fingerprint density at radius 2 is 1.79 bits per heavy atom. The van der Waals surface area contributed by atoms with Gasteiger partial charge in [0.2, 0.25) is 5.91 Å². The van der Waals surface area contributed by atoms with Gasteiger partial charge in [-0.3, -0.25) is 9.59 Å². The molecule has 0 radical (unpaired) electrons. The van der Waals surface area contributed by atoms with Crippen molar-refractivity contribution in [1.82, 2.24) is 9.80 Å². The average Bonchev–Trinajstić information content (AvgIpc) is 2.85. The summed E-state index contributed by atoms with van der Waals surface area (Å²) < 4.78 is 12.7. The van der Waals surface area contributed by atoms with Gasteiger partial charge in [0.1, 0.15) is 17.6 Å². The number of piperidine rings is 2. The van der Waals surface area contributed by atoms with Gasteiger partial charge in [-0.2, -0.15) is 0 Å². The zero-order valence-corrected chi connectivity index (χ0v) is 20.6. The van der Waals surface area contributed by atoms with Crippen molar-refractivity contribution in [2.45, 2.75) is 38.2 Å². The van der Waals surface area contributed by atoms with E-state index in [0.717, 1.165) is 36.2 Å². The fourth-order valence-corrected chi connectivity index (χ4v) is 5.13. The summed E-state index contributed by atoms with van der Waals surface area (Å²) in [6.07, 6.45) is 4.23. The Hall–Kier alpha value is -2.54. The number of hydrogen-bond acceptors (Lipinski definition) is 4. The molecule has 6 nitrogen and oxygen atoms in total. The number of benzene rings is 2. The molecule has 2 aliphatic heterocycles. The SMILES string of the molecule is COc1ccccc1C(=O)N1CC[C@H](Oc2cccc(Br)c2)[C@@H](CC(=O)N2CCCCC2)C1. The molecule has 2 aliphatic rings. The monoisotopic (exact) mass is 514 g/mol. The van der Waals surface area contributed by atoms with Crippen LogP contribution in [-0.2, 0) is 4.79 Å². The normalized spacial score (nSPS) is 20.9. The van der Waals surface area contributed by atoms with Gasteiger partial charge < -0.3 is 19.3 Å². The van der Waals surface area contributed by atoms with E-state index in [-0.39, 0.29) is 23.8 Å². The Labute approximate surface area is 204 Å². The van der Waals surface area contributed by atoms with Gasteiger partial charge >= 0.3 is 0 Å². The molecule has 176 valence electrons. The van der Waals surface area contributed by atoms with Gasteiger partial charge in [-0.1, -0.05) is 34.1 Å². The number of nitrogens with zero attached hydrogens (tertiary/aromatic N) is 2. The van der Waals surface area contributed by atoms with E-state index in [4.69, 9.17) is 9.47 Å². The molecule has 2 heterocycles. The van der Waals surface area contributed by atoms with Crippen LogP contribution in [0, 0.1) is 5.92 Å². The van der Waals surface area contributed by atoms with Crippen LogP contribution in [0.1, 0.15) is 42.5 Å². The summed E-state index contributed by atoms with van der Waals surface area (Å²) >= 11 is 3.50. The summed E-state index contributed by atoms with van der Waals surface area (Å²) in [4.78, 5) is 30.2. The molecule has 0 unspecified atom stereocenters. The van der Waals surface area contributed by atoms with Crippen LogP contribution >= 0.6 is 15.9 Å². The predicted molar refractivity (Wildman–Crippen MR) is 131 cm³/mol. The van der Waals surface area contributed by atoms with E-state index in [9.17, 15) is 9.59 Å². The molecule has 2 fully saturated rings. The van der Waals surface area contributed by atoms with Crippen molar-refractivity contribution in [1.29, 1.82) is 0 Å². The summed E-state index contributed by atoms with van der Waals surface area (Å²) in [5, 5.41) is 0. The second-order valence-corrected chi connectivity index (χ2v) is 9.68. The van der Waals surface area contributed by atoms with Crippen LogP contribution in [0.3, 0.4) is 0 Å². The molecule has 2 amide bonds. The molecule has 0 spiro atoms. The zero-order chi connectivity index (χ0) is 23.2. The third-order valence-electron chi connectivity index (χ3n) is 6.52. The van der Waals surface area contributed by atoms with Crippen molar-refractivity contribution >= 4 is 27.7 Å². The number of halogens is 1. The van der Waals surface area contributed by atoms with Gasteiger partial charge in [-0.15, -0.1) is 0 Å². The van der Waals surface area contributed by atoms with E-state index in [1.54, 1.807) is 19.2 Å². The van der Waals surface area contributed by atoms with Crippen molar-refractivity contribution in [3.05, 3.63) is 58.6 Å². The minimum absolute atomic E-state index is 0.0659. The topological polar surface area (TPSA) is 59.1 Å². The van der Waals surface area contributed by atoms with Gasteiger partial charge in [-0.25, -0.2) is 0 Å². The number of para-hydroxylation sites is 1. The van der Waals surface area contributed by atoms with Gasteiger partial charge in [0.05, 0.1) is 12.7 Å². The lowest BCUT2D eigenvalue weighted by Gasteiger charge is -2.39. The molecule has 33 heavy (non-hydrogen) atoms. The molecule has 2 atom stereocenters. The molecule has 7 heteroatoms. The highest BCUT2D eigenvalue weighted by Crippen LogP contribution is 2.30. The molecule has 0 aromatic heterocycles. The van der Waals surface area contributed by atoms with Gasteiger partial charge in [-0.05, 0) is 49.6 Å². The standard InChI is InChI=1S/C26H31BrN2O4/c1-32-24-11-4-3-10-22(24)26(31)29-15-12-23(33-21-9-7-8-20(27)17-21)19(18-29)16-25(30)28-13-5-2-6-14-28/h3-4,7-11,17,19,23H,2,5-6,12-16,18H2,1H3/t19-,23-/m0/s1. The van der Waals surface area contributed by atoms with Crippen LogP contribution < -0.4 is 9.47 Å². The first-order valence-corrected chi connectivity index (χ1v) is 12.5. The summed E-state index contributed by atoms with van der Waals surface area (Å²) in [5.41, 5.74) is 0.549. The predicted octanol–water partition coefficient (Wildman–Crippen LogP) is 4.77. The Morgan fingerprint density at radius 3 is 2.55 bits per heavy atom. The van der Waals surface area contributed by atoms with E-state index in [1.165, 1.54) is 6.42 Å². The first-order chi connectivity index (χ1) is 16.0. The molecule has 0 bridgehead atoms. The van der Waals surface area contributed by atoms with Crippen LogP contribution in [0.2, 0.25) is 0 Å². The Bertz CT molecular complexity index is 976. The van der Waals surface area contributed by atoms with Gasteiger partial charge in [0.25, 0.3) is 5.91 Å². The molecule has 0 aliphatic carbocycles. The van der Waals surface area contributed by atoms with Crippen LogP contribution in [-0.4, -0.2) is 61.0 Å². The highest BCUT2D eigenvalue weighted by molar-refractivity contribution is 9.10. The number of carbonyl (C=O) groups is 2. The van der Waals surface area contributed by atoms with Crippen molar-refractivity contribution in [2.24, 2.45) is 5.92 Å². The maximum atomic E-state index is 13.3. The second-order valence-electron chi connectivity index (χ2n) is 8.76. The number of rotatable bonds is 6. The number of ether oxygens (including phenoxy) is 2. The molecule has 0 N–H and O–H groups in total. The van der Waals surface area contributed by atoms with Gasteiger partial charge in [0.15, 0.2) is 0 Å². The van der Waals surface area contributed by atoms with Crippen molar-refractivity contribution < 1.29 is 19.1 Å². The fourth-order valence-electron chi connectivity index (χ4n) is 4.75. The number of methoxy groups -OCH3 is 1. The molecular formula is C26H31BrN2O4. The minimum atomic E-state index is -0.130. The molecule has 2 saturated heterocycles. The quantitative estimate of drug-likeness (QED) is 0.556. The summed E-state index contributed by atoms with van der Waals surface area (Å²) in [7, 11) is 1.57. The van der Waals surface area contributed by atoms with Crippen molar-refractivity contribution in [3.63, 3.8) is 0 Å². The van der Waals surface area contributed by atoms with E-state index in [1.807, 2.05) is 46.2 Å². The maximum Gasteiger partial charge on any atom is 0.257 e.